The van der Waals surface area contributed by atoms with Crippen LogP contribution in [0.25, 0.3) is 17.0 Å². The molecule has 3 heterocycles. The minimum Gasteiger partial charge on any atom is -0.390 e. The zero-order chi connectivity index (χ0) is 16.7. The zero-order valence-corrected chi connectivity index (χ0v) is 12.9. The minimum atomic E-state index is -0.860. The standard InChI is InChI=1S/C17H18N5O2/c1-10-8-13(17(24)16(10)23)20-14-5-7-19-15-9-12(21-22(14)15)11-4-2-3-6-18-11/h2-7,9-10,13,16-17,20,23-24H,1,8H2/t10-,13-,16-,17+/m1/s1. The van der Waals surface area contributed by atoms with Gasteiger partial charge in [-0.25, -0.2) is 4.98 Å². The average molecular weight is 324 g/mol. The summed E-state index contributed by atoms with van der Waals surface area (Å²) in [4.78, 5) is 8.62. The molecule has 4 rings (SSSR count). The molecule has 0 bridgehead atoms. The maximum Gasteiger partial charge on any atom is 0.157 e. The normalized spacial score (nSPS) is 26.8. The number of aromatic nitrogens is 4. The summed E-state index contributed by atoms with van der Waals surface area (Å²) < 4.78 is 1.68. The lowest BCUT2D eigenvalue weighted by Crippen LogP contribution is -2.35. The fourth-order valence-electron chi connectivity index (χ4n) is 3.10. The predicted molar refractivity (Wildman–Crippen MR) is 89.1 cm³/mol. The van der Waals surface area contributed by atoms with E-state index in [0.717, 1.165) is 11.4 Å². The Morgan fingerprint density at radius 2 is 1.96 bits per heavy atom. The molecule has 3 aromatic rings. The Bertz CT molecular complexity index is 851. The molecule has 1 radical (unpaired) electrons. The lowest BCUT2D eigenvalue weighted by Gasteiger charge is -2.19. The number of nitrogens with one attached hydrogen (secondary N) is 1. The van der Waals surface area contributed by atoms with Crippen molar-refractivity contribution < 1.29 is 10.2 Å². The third-order valence-electron chi connectivity index (χ3n) is 4.42. The first-order chi connectivity index (χ1) is 11.6. The average Bonchev–Trinajstić information content (AvgIpc) is 3.14. The molecule has 24 heavy (non-hydrogen) atoms. The highest BCUT2D eigenvalue weighted by Crippen LogP contribution is 2.29. The third kappa shape index (κ3) is 2.51. The Hall–Kier alpha value is -2.51. The van der Waals surface area contributed by atoms with Gasteiger partial charge in [0.2, 0.25) is 0 Å². The van der Waals surface area contributed by atoms with E-state index in [4.69, 9.17) is 0 Å². The van der Waals surface area contributed by atoms with Crippen molar-refractivity contribution in [3.8, 4) is 11.4 Å². The predicted octanol–water partition coefficient (Wildman–Crippen LogP) is 1.15. The van der Waals surface area contributed by atoms with E-state index < -0.39 is 12.2 Å². The molecule has 4 atom stereocenters. The number of nitrogens with zero attached hydrogens (tertiary/aromatic N) is 4. The van der Waals surface area contributed by atoms with Crippen LogP contribution < -0.4 is 5.32 Å². The molecule has 7 heteroatoms. The second kappa shape index (κ2) is 5.85. The van der Waals surface area contributed by atoms with E-state index >= 15 is 0 Å². The summed E-state index contributed by atoms with van der Waals surface area (Å²) in [5.41, 5.74) is 2.17. The highest BCUT2D eigenvalue weighted by molar-refractivity contribution is 5.62. The van der Waals surface area contributed by atoms with Crippen molar-refractivity contribution in [2.24, 2.45) is 5.92 Å². The lowest BCUT2D eigenvalue weighted by molar-refractivity contribution is 0.0256. The van der Waals surface area contributed by atoms with Crippen LogP contribution in [0.4, 0.5) is 5.82 Å². The molecular formula is C17H18N5O2. The third-order valence-corrected chi connectivity index (χ3v) is 4.42. The minimum absolute atomic E-state index is 0.198. The van der Waals surface area contributed by atoms with Crippen LogP contribution in [0.3, 0.4) is 0 Å². The van der Waals surface area contributed by atoms with E-state index in [2.05, 4.69) is 27.3 Å². The van der Waals surface area contributed by atoms with Gasteiger partial charge in [0.15, 0.2) is 5.65 Å². The first-order valence-electron chi connectivity index (χ1n) is 7.85. The first-order valence-corrected chi connectivity index (χ1v) is 7.85. The Kier molecular flexibility index (Phi) is 3.66. The summed E-state index contributed by atoms with van der Waals surface area (Å²) in [6.07, 6.45) is 2.31. The van der Waals surface area contributed by atoms with Crippen molar-refractivity contribution in [3.63, 3.8) is 0 Å². The highest BCUT2D eigenvalue weighted by Gasteiger charge is 2.39. The molecule has 0 saturated heterocycles. The maximum absolute atomic E-state index is 10.1. The Labute approximate surface area is 139 Å². The molecule has 1 saturated carbocycles. The van der Waals surface area contributed by atoms with E-state index in [9.17, 15) is 10.2 Å². The van der Waals surface area contributed by atoms with Crippen LogP contribution in [0.5, 0.6) is 0 Å². The number of anilines is 1. The number of hydrogen-bond donors (Lipinski definition) is 3. The number of aliphatic hydroxyl groups excluding tert-OH is 2. The summed E-state index contributed by atoms with van der Waals surface area (Å²) in [6.45, 7) is 3.87. The molecule has 123 valence electrons. The van der Waals surface area contributed by atoms with Crippen molar-refractivity contribution in [2.75, 3.05) is 5.32 Å². The molecule has 0 amide bonds. The molecule has 1 aliphatic carbocycles. The van der Waals surface area contributed by atoms with Gasteiger partial charge < -0.3 is 15.5 Å². The maximum atomic E-state index is 10.1. The zero-order valence-electron chi connectivity index (χ0n) is 12.9. The van der Waals surface area contributed by atoms with Crippen LogP contribution in [0.2, 0.25) is 0 Å². The van der Waals surface area contributed by atoms with Gasteiger partial charge in [-0.15, -0.1) is 0 Å². The Balaban J connectivity index is 1.68. The topological polar surface area (TPSA) is 95.6 Å². The largest absolute Gasteiger partial charge is 0.390 e. The molecule has 1 aliphatic rings. The second-order valence-electron chi connectivity index (χ2n) is 6.07. The molecule has 3 aromatic heterocycles. The van der Waals surface area contributed by atoms with E-state index in [1.807, 2.05) is 24.3 Å². The Morgan fingerprint density at radius 3 is 2.67 bits per heavy atom. The van der Waals surface area contributed by atoms with E-state index in [1.165, 1.54) is 0 Å². The van der Waals surface area contributed by atoms with Crippen molar-refractivity contribution in [1.29, 1.82) is 0 Å². The van der Waals surface area contributed by atoms with Gasteiger partial charge in [0.1, 0.15) is 17.6 Å². The molecule has 0 aliphatic heterocycles. The smallest absolute Gasteiger partial charge is 0.157 e. The van der Waals surface area contributed by atoms with Gasteiger partial charge in [-0.1, -0.05) is 6.07 Å². The number of hydrogen-bond acceptors (Lipinski definition) is 6. The quantitative estimate of drug-likeness (QED) is 0.669. The number of pyridine rings is 1. The molecule has 3 N–H and O–H groups in total. The van der Waals surface area contributed by atoms with Gasteiger partial charge in [-0.2, -0.15) is 9.61 Å². The van der Waals surface area contributed by atoms with E-state index in [0.29, 0.717) is 17.9 Å². The van der Waals surface area contributed by atoms with Gasteiger partial charge >= 0.3 is 0 Å². The van der Waals surface area contributed by atoms with Crippen LogP contribution in [0.1, 0.15) is 6.42 Å². The summed E-state index contributed by atoms with van der Waals surface area (Å²) >= 11 is 0. The molecule has 0 spiro atoms. The van der Waals surface area contributed by atoms with Crippen LogP contribution >= 0.6 is 0 Å². The number of rotatable bonds is 3. The van der Waals surface area contributed by atoms with Gasteiger partial charge in [-0.05, 0) is 37.5 Å². The second-order valence-corrected chi connectivity index (χ2v) is 6.07. The van der Waals surface area contributed by atoms with Crippen LogP contribution in [0.15, 0.2) is 42.7 Å². The van der Waals surface area contributed by atoms with Crippen LogP contribution in [-0.2, 0) is 0 Å². The van der Waals surface area contributed by atoms with E-state index in [1.54, 1.807) is 23.0 Å². The summed E-state index contributed by atoms with van der Waals surface area (Å²) in [5, 5.41) is 27.8. The van der Waals surface area contributed by atoms with Crippen LogP contribution in [-0.4, -0.2) is 48.0 Å². The highest BCUT2D eigenvalue weighted by atomic mass is 16.3. The number of aliphatic hydroxyl groups is 2. The molecular weight excluding hydrogens is 306 g/mol. The first kappa shape index (κ1) is 15.0. The summed E-state index contributed by atoms with van der Waals surface area (Å²) in [5.74, 6) is 0.504. The fourth-order valence-corrected chi connectivity index (χ4v) is 3.10. The van der Waals surface area contributed by atoms with Gasteiger partial charge in [0, 0.05) is 18.5 Å². The summed E-state index contributed by atoms with van der Waals surface area (Å²) in [6, 6.07) is 9.01. The van der Waals surface area contributed by atoms with Crippen molar-refractivity contribution in [1.82, 2.24) is 19.6 Å². The summed E-state index contributed by atoms with van der Waals surface area (Å²) in [7, 11) is 0. The fraction of sp³-hybridized carbons (Fsp3) is 0.294. The van der Waals surface area contributed by atoms with Crippen molar-refractivity contribution in [2.45, 2.75) is 24.7 Å². The SMILES string of the molecule is [CH2][C@@H]1C[C@@H](Nc2ccnc3cc(-c4ccccn4)nn23)[C@H](O)[C@@H]1O. The van der Waals surface area contributed by atoms with E-state index in [-0.39, 0.29) is 12.0 Å². The van der Waals surface area contributed by atoms with Crippen molar-refractivity contribution in [3.05, 3.63) is 49.6 Å². The van der Waals surface area contributed by atoms with Crippen molar-refractivity contribution >= 4 is 11.5 Å². The van der Waals surface area contributed by atoms with Gasteiger partial charge in [-0.3, -0.25) is 4.98 Å². The van der Waals surface area contributed by atoms with Crippen LogP contribution in [0, 0.1) is 12.8 Å². The molecule has 1 fully saturated rings. The molecule has 0 aromatic carbocycles. The monoisotopic (exact) mass is 324 g/mol. The molecule has 0 unspecified atom stereocenters. The van der Waals surface area contributed by atoms with Gasteiger partial charge in [0.05, 0.1) is 17.8 Å². The lowest BCUT2D eigenvalue weighted by atomic mass is 10.1. The number of fused-ring (bicyclic) bond motifs is 1. The Morgan fingerprint density at radius 1 is 1.08 bits per heavy atom. The van der Waals surface area contributed by atoms with Gasteiger partial charge in [0.25, 0.3) is 0 Å². The molecule has 7 nitrogen and oxygen atoms in total.